The lowest BCUT2D eigenvalue weighted by molar-refractivity contribution is 0.134. The molecule has 2 aliphatic rings. The van der Waals surface area contributed by atoms with Crippen molar-refractivity contribution in [1.82, 2.24) is 15.1 Å². The van der Waals surface area contributed by atoms with E-state index in [0.717, 1.165) is 45.5 Å². The first-order valence-electron chi connectivity index (χ1n) is 7.04. The molecule has 2 aliphatic heterocycles. The van der Waals surface area contributed by atoms with Crippen molar-refractivity contribution in [2.24, 2.45) is 0 Å². The predicted molar refractivity (Wildman–Crippen MR) is 70.7 cm³/mol. The van der Waals surface area contributed by atoms with Gasteiger partial charge in [-0.25, -0.2) is 4.79 Å². The van der Waals surface area contributed by atoms with Crippen LogP contribution in [0.3, 0.4) is 0 Å². The van der Waals surface area contributed by atoms with Crippen LogP contribution in [0.15, 0.2) is 0 Å². The molecule has 1 unspecified atom stereocenters. The molecule has 0 aromatic carbocycles. The van der Waals surface area contributed by atoms with Crippen LogP contribution in [0.25, 0.3) is 0 Å². The Kier molecular flexibility index (Phi) is 4.83. The zero-order chi connectivity index (χ0) is 13.0. The molecule has 2 saturated heterocycles. The van der Waals surface area contributed by atoms with Crippen molar-refractivity contribution in [2.75, 3.05) is 39.9 Å². The van der Waals surface area contributed by atoms with Crippen molar-refractivity contribution in [2.45, 2.75) is 38.3 Å². The summed E-state index contributed by atoms with van der Waals surface area (Å²) in [6, 6.07) is 0.645. The molecule has 104 valence electrons. The van der Waals surface area contributed by atoms with Crippen LogP contribution in [0.2, 0.25) is 0 Å². The van der Waals surface area contributed by atoms with Crippen LogP contribution in [-0.4, -0.2) is 67.8 Å². The highest BCUT2D eigenvalue weighted by Gasteiger charge is 2.26. The molecule has 0 aliphatic carbocycles. The van der Waals surface area contributed by atoms with Crippen molar-refractivity contribution in [1.29, 1.82) is 0 Å². The Morgan fingerprint density at radius 1 is 1.39 bits per heavy atom. The van der Waals surface area contributed by atoms with E-state index in [1.54, 1.807) is 0 Å². The first-order valence-corrected chi connectivity index (χ1v) is 7.04. The minimum atomic E-state index is 0.0560. The minimum absolute atomic E-state index is 0.0560. The van der Waals surface area contributed by atoms with Gasteiger partial charge in [-0.2, -0.15) is 0 Å². The third-order valence-electron chi connectivity index (χ3n) is 4.13. The van der Waals surface area contributed by atoms with Crippen LogP contribution >= 0.6 is 0 Å². The highest BCUT2D eigenvalue weighted by Crippen LogP contribution is 2.15. The van der Waals surface area contributed by atoms with Crippen LogP contribution in [-0.2, 0) is 4.74 Å². The quantitative estimate of drug-likeness (QED) is 0.815. The largest absolute Gasteiger partial charge is 0.379 e. The van der Waals surface area contributed by atoms with Gasteiger partial charge in [-0.05, 0) is 25.8 Å². The van der Waals surface area contributed by atoms with Crippen molar-refractivity contribution < 1.29 is 9.53 Å². The van der Waals surface area contributed by atoms with Crippen molar-refractivity contribution in [3.8, 4) is 0 Å². The van der Waals surface area contributed by atoms with E-state index in [1.807, 2.05) is 11.9 Å². The van der Waals surface area contributed by atoms with Gasteiger partial charge >= 0.3 is 6.03 Å². The summed E-state index contributed by atoms with van der Waals surface area (Å²) in [6.07, 6.45) is 3.10. The molecule has 0 aromatic heterocycles. The third kappa shape index (κ3) is 3.36. The maximum atomic E-state index is 12.1. The molecule has 0 aromatic rings. The Morgan fingerprint density at radius 2 is 2.11 bits per heavy atom. The molecule has 2 amide bonds. The Hall–Kier alpha value is -0.810. The number of rotatable bonds is 3. The minimum Gasteiger partial charge on any atom is -0.379 e. The van der Waals surface area contributed by atoms with Crippen LogP contribution in [0, 0.1) is 0 Å². The summed E-state index contributed by atoms with van der Waals surface area (Å²) in [7, 11) is 1.91. The molecule has 2 fully saturated rings. The summed E-state index contributed by atoms with van der Waals surface area (Å²) >= 11 is 0. The molecule has 0 bridgehead atoms. The maximum absolute atomic E-state index is 12.1. The van der Waals surface area contributed by atoms with E-state index in [0.29, 0.717) is 12.6 Å². The number of hydrogen-bond acceptors (Lipinski definition) is 3. The lowest BCUT2D eigenvalue weighted by atomic mass is 10.0. The Balaban J connectivity index is 1.76. The highest BCUT2D eigenvalue weighted by molar-refractivity contribution is 5.74. The molecule has 18 heavy (non-hydrogen) atoms. The number of nitrogens with one attached hydrogen (secondary N) is 1. The molecule has 2 heterocycles. The van der Waals surface area contributed by atoms with Crippen LogP contribution < -0.4 is 5.32 Å². The molecule has 5 heteroatoms. The number of piperidine rings is 1. The molecular formula is C13H25N3O2. The topological polar surface area (TPSA) is 44.8 Å². The average molecular weight is 255 g/mol. The second-order valence-electron chi connectivity index (χ2n) is 5.29. The number of ether oxygens (including phenoxy) is 1. The molecule has 2 rings (SSSR count). The Morgan fingerprint density at radius 3 is 2.67 bits per heavy atom. The summed E-state index contributed by atoms with van der Waals surface area (Å²) in [5, 5.41) is 3.05. The summed E-state index contributed by atoms with van der Waals surface area (Å²) in [5.41, 5.74) is 0. The Bertz CT molecular complexity index is 271. The Labute approximate surface area is 109 Å². The van der Waals surface area contributed by atoms with E-state index < -0.39 is 0 Å². The number of amides is 2. The normalized spacial score (nSPS) is 26.2. The second-order valence-corrected chi connectivity index (χ2v) is 5.29. The number of urea groups is 1. The van der Waals surface area contributed by atoms with E-state index >= 15 is 0 Å². The van der Waals surface area contributed by atoms with Gasteiger partial charge < -0.3 is 19.9 Å². The zero-order valence-electron chi connectivity index (χ0n) is 11.5. The second kappa shape index (κ2) is 6.38. The first-order chi connectivity index (χ1) is 8.70. The van der Waals surface area contributed by atoms with Gasteiger partial charge in [0.05, 0.1) is 12.6 Å². The summed E-state index contributed by atoms with van der Waals surface area (Å²) in [5.74, 6) is 0. The molecule has 1 N–H and O–H groups in total. The van der Waals surface area contributed by atoms with Gasteiger partial charge in [0, 0.05) is 32.8 Å². The third-order valence-corrected chi connectivity index (χ3v) is 4.13. The van der Waals surface area contributed by atoms with Gasteiger partial charge in [0.1, 0.15) is 0 Å². The fraction of sp³-hybridized carbons (Fsp3) is 0.923. The van der Waals surface area contributed by atoms with Gasteiger partial charge in [-0.15, -0.1) is 0 Å². The van der Waals surface area contributed by atoms with Gasteiger partial charge in [0.2, 0.25) is 0 Å². The van der Waals surface area contributed by atoms with E-state index in [4.69, 9.17) is 4.74 Å². The highest BCUT2D eigenvalue weighted by atomic mass is 16.5. The molecule has 0 spiro atoms. The maximum Gasteiger partial charge on any atom is 0.317 e. The lowest BCUT2D eigenvalue weighted by Crippen LogP contribution is -2.51. The summed E-state index contributed by atoms with van der Waals surface area (Å²) < 4.78 is 5.27. The van der Waals surface area contributed by atoms with Crippen molar-refractivity contribution in [3.05, 3.63) is 0 Å². The van der Waals surface area contributed by atoms with Crippen molar-refractivity contribution in [3.63, 3.8) is 0 Å². The summed E-state index contributed by atoms with van der Waals surface area (Å²) in [4.78, 5) is 16.4. The van der Waals surface area contributed by atoms with E-state index in [-0.39, 0.29) is 12.1 Å². The first kappa shape index (κ1) is 13.6. The molecular weight excluding hydrogens is 230 g/mol. The molecule has 0 radical (unpaired) electrons. The van der Waals surface area contributed by atoms with Gasteiger partial charge in [0.15, 0.2) is 0 Å². The zero-order valence-corrected chi connectivity index (χ0v) is 11.5. The molecule has 1 atom stereocenters. The number of likely N-dealkylation sites (tertiary alicyclic amines) is 1. The lowest BCUT2D eigenvalue weighted by Gasteiger charge is -2.36. The molecule has 5 nitrogen and oxygen atoms in total. The van der Waals surface area contributed by atoms with E-state index in [2.05, 4.69) is 17.1 Å². The smallest absolute Gasteiger partial charge is 0.317 e. The fourth-order valence-corrected chi connectivity index (χ4v) is 2.71. The predicted octanol–water partition coefficient (Wildman–Crippen LogP) is 0.901. The van der Waals surface area contributed by atoms with Crippen LogP contribution in [0.1, 0.15) is 26.2 Å². The van der Waals surface area contributed by atoms with Gasteiger partial charge in [0.25, 0.3) is 0 Å². The van der Waals surface area contributed by atoms with E-state index in [9.17, 15) is 4.79 Å². The van der Waals surface area contributed by atoms with Gasteiger partial charge in [-0.1, -0.05) is 6.92 Å². The number of hydrogen-bond donors (Lipinski definition) is 1. The van der Waals surface area contributed by atoms with Gasteiger partial charge in [-0.3, -0.25) is 0 Å². The number of carbonyl (C=O) groups is 1. The van der Waals surface area contributed by atoms with Crippen molar-refractivity contribution >= 4 is 6.03 Å². The van der Waals surface area contributed by atoms with E-state index in [1.165, 1.54) is 0 Å². The average Bonchev–Trinajstić information content (AvgIpc) is 2.91. The molecule has 0 saturated carbocycles. The van der Waals surface area contributed by atoms with Crippen LogP contribution in [0.5, 0.6) is 0 Å². The monoisotopic (exact) mass is 255 g/mol. The fourth-order valence-electron chi connectivity index (χ4n) is 2.71. The number of carbonyl (C=O) groups excluding carboxylic acids is 1. The summed E-state index contributed by atoms with van der Waals surface area (Å²) in [6.45, 7) is 6.94. The van der Waals surface area contributed by atoms with Crippen LogP contribution in [0.4, 0.5) is 4.79 Å². The SMILES string of the molecule is CCN1CCC(N(C)C(=O)NC2CCOC2)CC1. The number of nitrogens with zero attached hydrogens (tertiary/aromatic N) is 2. The standard InChI is InChI=1S/C13H25N3O2/c1-3-16-7-4-12(5-8-16)15(2)13(17)14-11-6-9-18-10-11/h11-12H,3-10H2,1-2H3,(H,14,17).